The molecule has 0 unspecified atom stereocenters. The number of urea groups is 1. The van der Waals surface area contributed by atoms with E-state index in [4.69, 9.17) is 4.74 Å². The second-order valence-corrected chi connectivity index (χ2v) is 6.39. The van der Waals surface area contributed by atoms with E-state index in [1.165, 1.54) is 0 Å². The van der Waals surface area contributed by atoms with Crippen LogP contribution < -0.4 is 10.1 Å². The second-order valence-electron chi connectivity index (χ2n) is 5.36. The van der Waals surface area contributed by atoms with E-state index in [1.54, 1.807) is 36.6 Å². The fourth-order valence-electron chi connectivity index (χ4n) is 2.62. The first-order valence-electron chi connectivity index (χ1n) is 7.09. The number of thiophene rings is 1. The Kier molecular flexibility index (Phi) is 3.16. The van der Waals surface area contributed by atoms with E-state index < -0.39 is 0 Å². The molecule has 6 nitrogen and oxygen atoms in total. The number of rotatable bonds is 2. The van der Waals surface area contributed by atoms with Crippen LogP contribution in [0.15, 0.2) is 30.6 Å². The lowest BCUT2D eigenvalue weighted by Crippen LogP contribution is -2.35. The fourth-order valence-corrected chi connectivity index (χ4v) is 3.62. The molecule has 0 saturated heterocycles. The number of pyridine rings is 2. The van der Waals surface area contributed by atoms with Crippen LogP contribution in [-0.2, 0) is 6.54 Å². The fraction of sp³-hybridized carbons (Fsp3) is 0.188. The summed E-state index contributed by atoms with van der Waals surface area (Å²) in [6.07, 6.45) is 3.61. The van der Waals surface area contributed by atoms with Crippen LogP contribution in [-0.4, -0.2) is 35.1 Å². The molecule has 3 aromatic rings. The molecule has 2 amide bonds. The quantitative estimate of drug-likeness (QED) is 0.784. The summed E-state index contributed by atoms with van der Waals surface area (Å²) in [4.78, 5) is 24.3. The highest BCUT2D eigenvalue weighted by molar-refractivity contribution is 7.21. The highest BCUT2D eigenvalue weighted by Gasteiger charge is 2.22. The molecule has 0 spiro atoms. The number of methoxy groups -OCH3 is 1. The number of amides is 2. The van der Waals surface area contributed by atoms with Crippen molar-refractivity contribution < 1.29 is 9.53 Å². The van der Waals surface area contributed by atoms with Crippen molar-refractivity contribution >= 4 is 33.3 Å². The molecule has 1 aliphatic heterocycles. The zero-order chi connectivity index (χ0) is 16.0. The van der Waals surface area contributed by atoms with Crippen LogP contribution in [0, 0.1) is 0 Å². The number of anilines is 1. The van der Waals surface area contributed by atoms with Gasteiger partial charge in [-0.25, -0.2) is 14.8 Å². The van der Waals surface area contributed by atoms with Gasteiger partial charge in [0.15, 0.2) is 0 Å². The topological polar surface area (TPSA) is 67.3 Å². The zero-order valence-corrected chi connectivity index (χ0v) is 13.5. The van der Waals surface area contributed by atoms with E-state index >= 15 is 0 Å². The van der Waals surface area contributed by atoms with Gasteiger partial charge in [0.2, 0.25) is 5.88 Å². The molecule has 0 aliphatic carbocycles. The minimum Gasteiger partial charge on any atom is -0.481 e. The number of fused-ring (bicyclic) bond motifs is 3. The van der Waals surface area contributed by atoms with Crippen LogP contribution >= 0.6 is 11.3 Å². The Hall–Kier alpha value is -2.67. The van der Waals surface area contributed by atoms with Crippen molar-refractivity contribution in [2.45, 2.75) is 6.54 Å². The van der Waals surface area contributed by atoms with Crippen LogP contribution in [0.4, 0.5) is 10.5 Å². The number of carbonyl (C=O) groups excluding carboxylic acids is 1. The van der Waals surface area contributed by atoms with Gasteiger partial charge in [-0.2, -0.15) is 0 Å². The maximum absolute atomic E-state index is 11.9. The standard InChI is InChI=1S/C16H14N4O2S/c1-20-8-10-7-18-15-11(14(10)19-16(20)21)5-12(23-15)9-3-4-13(22-2)17-6-9/h3-7H,8H2,1-2H3,(H,19,21). The zero-order valence-electron chi connectivity index (χ0n) is 12.7. The summed E-state index contributed by atoms with van der Waals surface area (Å²) >= 11 is 1.58. The minimum absolute atomic E-state index is 0.0936. The minimum atomic E-state index is -0.0936. The monoisotopic (exact) mass is 326 g/mol. The summed E-state index contributed by atoms with van der Waals surface area (Å²) in [5.41, 5.74) is 2.89. The van der Waals surface area contributed by atoms with E-state index in [1.807, 2.05) is 18.3 Å². The van der Waals surface area contributed by atoms with Gasteiger partial charge in [0.1, 0.15) is 4.83 Å². The Morgan fingerprint density at radius 2 is 2.17 bits per heavy atom. The van der Waals surface area contributed by atoms with Crippen molar-refractivity contribution in [1.29, 1.82) is 0 Å². The summed E-state index contributed by atoms with van der Waals surface area (Å²) in [7, 11) is 3.36. The summed E-state index contributed by atoms with van der Waals surface area (Å²) in [6.45, 7) is 0.569. The van der Waals surface area contributed by atoms with Crippen molar-refractivity contribution in [1.82, 2.24) is 14.9 Å². The highest BCUT2D eigenvalue weighted by Crippen LogP contribution is 2.38. The van der Waals surface area contributed by atoms with Gasteiger partial charge in [-0.1, -0.05) is 0 Å². The third-order valence-electron chi connectivity index (χ3n) is 3.86. The van der Waals surface area contributed by atoms with E-state index in [9.17, 15) is 4.79 Å². The van der Waals surface area contributed by atoms with Crippen LogP contribution in [0.5, 0.6) is 5.88 Å². The number of nitrogens with one attached hydrogen (secondary N) is 1. The van der Waals surface area contributed by atoms with Crippen LogP contribution in [0.3, 0.4) is 0 Å². The lowest BCUT2D eigenvalue weighted by atomic mass is 10.1. The first-order chi connectivity index (χ1) is 11.2. The largest absolute Gasteiger partial charge is 0.481 e. The van der Waals surface area contributed by atoms with Gasteiger partial charge < -0.3 is 15.0 Å². The molecule has 1 aliphatic rings. The Morgan fingerprint density at radius 1 is 1.30 bits per heavy atom. The number of carbonyl (C=O) groups is 1. The predicted octanol–water partition coefficient (Wildman–Crippen LogP) is 3.34. The summed E-state index contributed by atoms with van der Waals surface area (Å²) in [5, 5.41) is 3.93. The molecule has 0 saturated carbocycles. The molecule has 0 fully saturated rings. The second kappa shape index (κ2) is 5.20. The Balaban J connectivity index is 1.82. The van der Waals surface area contributed by atoms with Crippen molar-refractivity contribution in [2.75, 3.05) is 19.5 Å². The van der Waals surface area contributed by atoms with E-state index in [-0.39, 0.29) is 6.03 Å². The lowest BCUT2D eigenvalue weighted by Gasteiger charge is -2.25. The molecule has 0 bridgehead atoms. The van der Waals surface area contributed by atoms with E-state index in [0.29, 0.717) is 12.4 Å². The van der Waals surface area contributed by atoms with Crippen LogP contribution in [0.25, 0.3) is 20.7 Å². The number of nitrogens with zero attached hydrogens (tertiary/aromatic N) is 3. The van der Waals surface area contributed by atoms with Gasteiger partial charge >= 0.3 is 6.03 Å². The van der Waals surface area contributed by atoms with Gasteiger partial charge in [-0.3, -0.25) is 0 Å². The van der Waals surface area contributed by atoms with Crippen molar-refractivity contribution in [3.05, 3.63) is 36.2 Å². The summed E-state index contributed by atoms with van der Waals surface area (Å²) < 4.78 is 5.09. The lowest BCUT2D eigenvalue weighted by molar-refractivity contribution is 0.218. The molecule has 0 atom stereocenters. The Labute approximate surface area is 136 Å². The Bertz CT molecular complexity index is 904. The van der Waals surface area contributed by atoms with Gasteiger partial charge in [-0.05, 0) is 12.1 Å². The molecule has 23 heavy (non-hydrogen) atoms. The van der Waals surface area contributed by atoms with Crippen molar-refractivity contribution in [3.8, 4) is 16.3 Å². The molecule has 4 rings (SSSR count). The van der Waals surface area contributed by atoms with E-state index in [2.05, 4.69) is 21.4 Å². The summed E-state index contributed by atoms with van der Waals surface area (Å²) in [6, 6.07) is 5.76. The molecular weight excluding hydrogens is 312 g/mol. The molecule has 116 valence electrons. The first-order valence-corrected chi connectivity index (χ1v) is 7.91. The number of hydrogen-bond acceptors (Lipinski definition) is 5. The maximum atomic E-state index is 11.9. The van der Waals surface area contributed by atoms with Gasteiger partial charge in [0, 0.05) is 46.9 Å². The van der Waals surface area contributed by atoms with Gasteiger partial charge in [0.25, 0.3) is 0 Å². The average molecular weight is 326 g/mol. The number of hydrogen-bond donors (Lipinski definition) is 1. The molecule has 7 heteroatoms. The molecule has 1 N–H and O–H groups in total. The SMILES string of the molecule is COc1ccc(-c2cc3c4c(cnc3s2)CN(C)C(=O)N4)cn1. The highest BCUT2D eigenvalue weighted by atomic mass is 32.1. The molecular formula is C16H14N4O2S. The third kappa shape index (κ3) is 2.29. The van der Waals surface area contributed by atoms with Gasteiger partial charge in [0.05, 0.1) is 19.3 Å². The molecule has 0 radical (unpaired) electrons. The predicted molar refractivity (Wildman–Crippen MR) is 89.9 cm³/mol. The molecule has 0 aromatic carbocycles. The van der Waals surface area contributed by atoms with Crippen molar-refractivity contribution in [3.63, 3.8) is 0 Å². The maximum Gasteiger partial charge on any atom is 0.321 e. The smallest absolute Gasteiger partial charge is 0.321 e. The molecule has 4 heterocycles. The third-order valence-corrected chi connectivity index (χ3v) is 4.95. The van der Waals surface area contributed by atoms with Gasteiger partial charge in [-0.15, -0.1) is 11.3 Å². The summed E-state index contributed by atoms with van der Waals surface area (Å²) in [5.74, 6) is 0.584. The van der Waals surface area contributed by atoms with Crippen LogP contribution in [0.2, 0.25) is 0 Å². The molecule has 3 aromatic heterocycles. The number of ether oxygens (including phenoxy) is 1. The van der Waals surface area contributed by atoms with E-state index in [0.717, 1.165) is 31.9 Å². The number of aromatic nitrogens is 2. The Morgan fingerprint density at radius 3 is 2.91 bits per heavy atom. The van der Waals surface area contributed by atoms with Crippen molar-refractivity contribution in [2.24, 2.45) is 0 Å². The first kappa shape index (κ1) is 14.0. The normalized spacial score (nSPS) is 13.8. The average Bonchev–Trinajstić information content (AvgIpc) is 3.01. The van der Waals surface area contributed by atoms with Crippen LogP contribution in [0.1, 0.15) is 5.56 Å².